The molecule has 65 heavy (non-hydrogen) atoms. The average Bonchev–Trinajstić information content (AvgIpc) is 3.31. The summed E-state index contributed by atoms with van der Waals surface area (Å²) in [5, 5.41) is 23.1. The number of nitrogens with one attached hydrogen (secondary N) is 1. The lowest BCUT2D eigenvalue weighted by molar-refractivity contribution is -0.143. The zero-order valence-electron chi connectivity index (χ0n) is 43.7. The standard InChI is InChI=1S/C59H113NO5/c1-3-5-7-9-11-13-15-29-33-37-41-45-49-53-59(64)65-54-50-46-42-38-34-31-28-26-24-22-20-18-16-17-19-21-23-25-27-30-32-36-40-44-48-52-58(63)60-56(55-61)57(62)51-47-43-39-35-14-12-10-8-6-4-2/h7,9,13,15,56-57,61-62H,3-6,8,10-12,14,16-55H2,1-2H3,(H,60,63)/b9-7-,15-13-. The van der Waals surface area contributed by atoms with Gasteiger partial charge in [0.05, 0.1) is 25.4 Å². The first-order valence-electron chi connectivity index (χ1n) is 29.1. The molecule has 0 saturated carbocycles. The molecular formula is C59H113NO5. The summed E-state index contributed by atoms with van der Waals surface area (Å²) in [5.41, 5.74) is 0. The van der Waals surface area contributed by atoms with Gasteiger partial charge in [-0.2, -0.15) is 0 Å². The molecular weight excluding hydrogens is 803 g/mol. The highest BCUT2D eigenvalue weighted by Gasteiger charge is 2.20. The third kappa shape index (κ3) is 51.6. The van der Waals surface area contributed by atoms with E-state index in [0.717, 1.165) is 51.4 Å². The van der Waals surface area contributed by atoms with Gasteiger partial charge in [-0.15, -0.1) is 0 Å². The maximum Gasteiger partial charge on any atom is 0.305 e. The molecule has 6 heteroatoms. The Morgan fingerprint density at radius 2 is 0.800 bits per heavy atom. The summed E-state index contributed by atoms with van der Waals surface area (Å²) >= 11 is 0. The lowest BCUT2D eigenvalue weighted by Crippen LogP contribution is -2.45. The van der Waals surface area contributed by atoms with Gasteiger partial charge in [0.1, 0.15) is 0 Å². The topological polar surface area (TPSA) is 95.9 Å². The summed E-state index contributed by atoms with van der Waals surface area (Å²) in [7, 11) is 0. The predicted molar refractivity (Wildman–Crippen MR) is 283 cm³/mol. The van der Waals surface area contributed by atoms with E-state index >= 15 is 0 Å². The number of aliphatic hydroxyl groups is 2. The van der Waals surface area contributed by atoms with Crippen LogP contribution in [-0.2, 0) is 14.3 Å². The molecule has 3 N–H and O–H groups in total. The van der Waals surface area contributed by atoms with Crippen molar-refractivity contribution in [2.24, 2.45) is 0 Å². The summed E-state index contributed by atoms with van der Waals surface area (Å²) in [4.78, 5) is 24.4. The van der Waals surface area contributed by atoms with Crippen LogP contribution in [0.15, 0.2) is 24.3 Å². The largest absolute Gasteiger partial charge is 0.466 e. The molecule has 0 aromatic carbocycles. The Morgan fingerprint density at radius 1 is 0.431 bits per heavy atom. The molecule has 1 amide bonds. The number of unbranched alkanes of at least 4 members (excludes halogenated alkanes) is 39. The van der Waals surface area contributed by atoms with Gasteiger partial charge in [0, 0.05) is 12.8 Å². The minimum Gasteiger partial charge on any atom is -0.466 e. The Hall–Kier alpha value is -1.66. The van der Waals surface area contributed by atoms with E-state index in [4.69, 9.17) is 4.74 Å². The van der Waals surface area contributed by atoms with Crippen molar-refractivity contribution in [1.82, 2.24) is 5.32 Å². The molecule has 0 aliphatic carbocycles. The maximum atomic E-state index is 12.4. The lowest BCUT2D eigenvalue weighted by atomic mass is 10.0. The van der Waals surface area contributed by atoms with Gasteiger partial charge < -0.3 is 20.3 Å². The first-order chi connectivity index (χ1) is 32.0. The lowest BCUT2D eigenvalue weighted by Gasteiger charge is -2.22. The highest BCUT2D eigenvalue weighted by atomic mass is 16.5. The molecule has 0 aromatic rings. The second-order valence-corrected chi connectivity index (χ2v) is 20.0. The summed E-state index contributed by atoms with van der Waals surface area (Å²) in [6, 6.07) is -0.538. The van der Waals surface area contributed by atoms with Crippen LogP contribution in [0, 0.1) is 0 Å². The van der Waals surface area contributed by atoms with Gasteiger partial charge in [-0.05, 0) is 51.4 Å². The number of carbonyl (C=O) groups excluding carboxylic acids is 2. The summed E-state index contributed by atoms with van der Waals surface area (Å²) in [5.74, 6) is -0.0334. The molecule has 384 valence electrons. The number of amides is 1. The Morgan fingerprint density at radius 3 is 1.23 bits per heavy atom. The highest BCUT2D eigenvalue weighted by Crippen LogP contribution is 2.18. The number of hydrogen-bond acceptors (Lipinski definition) is 5. The van der Waals surface area contributed by atoms with Crippen LogP contribution in [-0.4, -0.2) is 47.4 Å². The van der Waals surface area contributed by atoms with Gasteiger partial charge in [0.2, 0.25) is 5.91 Å². The second kappa shape index (κ2) is 54.9. The maximum absolute atomic E-state index is 12.4. The van der Waals surface area contributed by atoms with Crippen molar-refractivity contribution >= 4 is 11.9 Å². The molecule has 0 bridgehead atoms. The van der Waals surface area contributed by atoms with Gasteiger partial charge in [0.25, 0.3) is 0 Å². The van der Waals surface area contributed by atoms with Crippen molar-refractivity contribution in [2.45, 2.75) is 328 Å². The van der Waals surface area contributed by atoms with Crippen LogP contribution in [0.5, 0.6) is 0 Å². The van der Waals surface area contributed by atoms with E-state index < -0.39 is 12.1 Å². The first-order valence-corrected chi connectivity index (χ1v) is 29.1. The molecule has 0 rings (SSSR count). The zero-order valence-corrected chi connectivity index (χ0v) is 43.7. The van der Waals surface area contributed by atoms with Crippen LogP contribution in [0.4, 0.5) is 0 Å². The van der Waals surface area contributed by atoms with Crippen molar-refractivity contribution in [3.8, 4) is 0 Å². The van der Waals surface area contributed by atoms with E-state index in [1.807, 2.05) is 0 Å². The summed E-state index contributed by atoms with van der Waals surface area (Å²) in [6.45, 7) is 4.88. The quantitative estimate of drug-likeness (QED) is 0.0321. The van der Waals surface area contributed by atoms with Crippen LogP contribution in [0.1, 0.15) is 316 Å². The van der Waals surface area contributed by atoms with Gasteiger partial charge in [-0.25, -0.2) is 0 Å². The molecule has 0 spiro atoms. The fraction of sp³-hybridized carbons (Fsp3) is 0.898. The van der Waals surface area contributed by atoms with E-state index in [1.165, 1.54) is 231 Å². The van der Waals surface area contributed by atoms with Gasteiger partial charge in [0.15, 0.2) is 0 Å². The summed E-state index contributed by atoms with van der Waals surface area (Å²) in [6.07, 6.45) is 66.1. The second-order valence-electron chi connectivity index (χ2n) is 20.0. The fourth-order valence-electron chi connectivity index (χ4n) is 9.03. The van der Waals surface area contributed by atoms with Crippen LogP contribution in [0.25, 0.3) is 0 Å². The Kier molecular flexibility index (Phi) is 53.5. The summed E-state index contributed by atoms with van der Waals surface area (Å²) < 4.78 is 5.47. The Labute approximate surface area is 405 Å². The Bertz CT molecular complexity index is 1010. The van der Waals surface area contributed by atoms with Crippen molar-refractivity contribution in [2.75, 3.05) is 13.2 Å². The molecule has 2 atom stereocenters. The minimum absolute atomic E-state index is 0.000943. The molecule has 0 aliphatic rings. The molecule has 2 unspecified atom stereocenters. The highest BCUT2D eigenvalue weighted by molar-refractivity contribution is 5.76. The third-order valence-electron chi connectivity index (χ3n) is 13.5. The first kappa shape index (κ1) is 63.3. The van der Waals surface area contributed by atoms with E-state index in [2.05, 4.69) is 43.5 Å². The van der Waals surface area contributed by atoms with Gasteiger partial charge in [-0.1, -0.05) is 276 Å². The van der Waals surface area contributed by atoms with Gasteiger partial charge in [-0.3, -0.25) is 9.59 Å². The zero-order chi connectivity index (χ0) is 47.2. The number of hydrogen-bond donors (Lipinski definition) is 3. The predicted octanol–water partition coefficient (Wildman–Crippen LogP) is 17.9. The van der Waals surface area contributed by atoms with E-state index in [1.54, 1.807) is 0 Å². The molecule has 0 saturated heterocycles. The normalized spacial score (nSPS) is 12.7. The molecule has 0 heterocycles. The fourth-order valence-corrected chi connectivity index (χ4v) is 9.03. The van der Waals surface area contributed by atoms with Crippen molar-refractivity contribution in [3.05, 3.63) is 24.3 Å². The molecule has 0 aromatic heterocycles. The number of esters is 1. The molecule has 0 radical (unpaired) electrons. The number of rotatable bonds is 54. The van der Waals surface area contributed by atoms with Crippen molar-refractivity contribution < 1.29 is 24.5 Å². The molecule has 6 nitrogen and oxygen atoms in total. The Balaban J connectivity index is 3.34. The minimum atomic E-state index is -0.661. The molecule has 0 fully saturated rings. The number of allylic oxidation sites excluding steroid dienone is 4. The van der Waals surface area contributed by atoms with Gasteiger partial charge >= 0.3 is 5.97 Å². The van der Waals surface area contributed by atoms with Crippen LogP contribution < -0.4 is 5.32 Å². The van der Waals surface area contributed by atoms with E-state index in [0.29, 0.717) is 25.9 Å². The van der Waals surface area contributed by atoms with E-state index in [-0.39, 0.29) is 18.5 Å². The van der Waals surface area contributed by atoms with Crippen LogP contribution in [0.3, 0.4) is 0 Å². The van der Waals surface area contributed by atoms with Crippen LogP contribution >= 0.6 is 0 Å². The molecule has 0 aliphatic heterocycles. The third-order valence-corrected chi connectivity index (χ3v) is 13.5. The monoisotopic (exact) mass is 916 g/mol. The van der Waals surface area contributed by atoms with Crippen LogP contribution in [0.2, 0.25) is 0 Å². The van der Waals surface area contributed by atoms with Crippen molar-refractivity contribution in [3.63, 3.8) is 0 Å². The average molecular weight is 917 g/mol. The van der Waals surface area contributed by atoms with E-state index in [9.17, 15) is 19.8 Å². The number of aliphatic hydroxyl groups excluding tert-OH is 2. The number of carbonyl (C=O) groups is 2. The smallest absolute Gasteiger partial charge is 0.305 e. The SMILES string of the molecule is CCC/C=C\C/C=C\CCCCCCCC(=O)OCCCCCCCCCCCCCCCCCCCCCCCCCCCC(=O)NC(CO)C(O)CCCCCCCCCCCC. The number of ether oxygens (including phenoxy) is 1. The van der Waals surface area contributed by atoms with Crippen molar-refractivity contribution in [1.29, 1.82) is 0 Å².